The Kier molecular flexibility index (Phi) is 4.14. The van der Waals surface area contributed by atoms with Gasteiger partial charge in [-0.3, -0.25) is 0 Å². The molecule has 2 atom stereocenters. The fourth-order valence-electron chi connectivity index (χ4n) is 1.50. The van der Waals surface area contributed by atoms with Crippen LogP contribution in [-0.2, 0) is 9.53 Å². The van der Waals surface area contributed by atoms with Gasteiger partial charge in [0.2, 0.25) is 0 Å². The Bertz CT molecular complexity index is 233. The van der Waals surface area contributed by atoms with E-state index in [2.05, 4.69) is 6.92 Å². The van der Waals surface area contributed by atoms with Gasteiger partial charge in [0.15, 0.2) is 0 Å². The summed E-state index contributed by atoms with van der Waals surface area (Å²) in [6.45, 7) is 3.80. The molecule has 3 heteroatoms. The lowest BCUT2D eigenvalue weighted by Gasteiger charge is -2.19. The summed E-state index contributed by atoms with van der Waals surface area (Å²) in [7, 11) is 0. The molecule has 1 aliphatic heterocycles. The van der Waals surface area contributed by atoms with Gasteiger partial charge in [0.1, 0.15) is 6.10 Å². The minimum absolute atomic E-state index is 0.289. The summed E-state index contributed by atoms with van der Waals surface area (Å²) in [5.74, 6) is -0.289. The number of carbonyl (C=O) groups is 1. The van der Waals surface area contributed by atoms with Gasteiger partial charge in [-0.1, -0.05) is 19.4 Å². The molecule has 0 aliphatic carbocycles. The highest BCUT2D eigenvalue weighted by atomic mass is 16.6. The Morgan fingerprint density at radius 1 is 1.64 bits per heavy atom. The number of hydrogen-bond acceptors (Lipinski definition) is 3. The van der Waals surface area contributed by atoms with Crippen LogP contribution >= 0.6 is 0 Å². The van der Waals surface area contributed by atoms with Crippen LogP contribution in [0, 0.1) is 0 Å². The van der Waals surface area contributed by atoms with Crippen molar-refractivity contribution in [2.24, 2.45) is 0 Å². The Hall–Kier alpha value is -0.830. The molecule has 1 rings (SSSR count). The number of aliphatic hydroxyl groups is 1. The molecule has 0 aromatic carbocycles. The largest absolute Gasteiger partial charge is 0.456 e. The second-order valence-electron chi connectivity index (χ2n) is 3.78. The number of rotatable bonds is 3. The normalized spacial score (nSPS) is 27.9. The molecule has 0 aromatic heterocycles. The van der Waals surface area contributed by atoms with Crippen molar-refractivity contribution in [2.45, 2.75) is 51.7 Å². The third kappa shape index (κ3) is 2.84. The zero-order valence-electron chi connectivity index (χ0n) is 8.82. The number of unbranched alkanes of at least 4 members (excludes halogenated alkanes) is 1. The molecule has 0 saturated carbocycles. The fraction of sp³-hybridized carbons (Fsp3) is 0.727. The third-order valence-electron chi connectivity index (χ3n) is 2.52. The number of aliphatic hydroxyl groups excluding tert-OH is 1. The van der Waals surface area contributed by atoms with Crippen LogP contribution in [-0.4, -0.2) is 23.3 Å². The van der Waals surface area contributed by atoms with E-state index >= 15 is 0 Å². The molecular weight excluding hydrogens is 180 g/mol. The lowest BCUT2D eigenvalue weighted by molar-refractivity contribution is -0.149. The summed E-state index contributed by atoms with van der Waals surface area (Å²) >= 11 is 0. The van der Waals surface area contributed by atoms with E-state index in [-0.39, 0.29) is 12.1 Å². The smallest absolute Gasteiger partial charge is 0.333 e. The molecule has 2 unspecified atom stereocenters. The maximum atomic E-state index is 11.3. The van der Waals surface area contributed by atoms with Crippen LogP contribution < -0.4 is 0 Å². The first kappa shape index (κ1) is 11.2. The monoisotopic (exact) mass is 198 g/mol. The third-order valence-corrected chi connectivity index (χ3v) is 2.52. The van der Waals surface area contributed by atoms with Crippen molar-refractivity contribution < 1.29 is 14.6 Å². The van der Waals surface area contributed by atoms with E-state index in [1.807, 2.05) is 0 Å². The molecule has 0 amide bonds. The number of hydrogen-bond donors (Lipinski definition) is 1. The molecule has 1 N–H and O–H groups in total. The molecular formula is C11H18O3. The zero-order valence-corrected chi connectivity index (χ0v) is 8.82. The van der Waals surface area contributed by atoms with E-state index in [0.29, 0.717) is 12.0 Å². The minimum atomic E-state index is -0.539. The van der Waals surface area contributed by atoms with E-state index in [1.165, 1.54) is 0 Å². The van der Waals surface area contributed by atoms with Gasteiger partial charge < -0.3 is 9.84 Å². The summed E-state index contributed by atoms with van der Waals surface area (Å²) in [6, 6.07) is 0. The molecule has 14 heavy (non-hydrogen) atoms. The highest BCUT2D eigenvalue weighted by Gasteiger charge is 2.25. The first-order chi connectivity index (χ1) is 6.65. The van der Waals surface area contributed by atoms with E-state index in [0.717, 1.165) is 19.3 Å². The molecule has 0 spiro atoms. The van der Waals surface area contributed by atoms with E-state index in [4.69, 9.17) is 4.74 Å². The molecule has 0 saturated heterocycles. The Morgan fingerprint density at radius 2 is 2.36 bits per heavy atom. The standard InChI is InChI=1S/C11H18O3/c1-3-4-5-10-9(12)7-6-8(2)11(13)14-10/h6,9-10,12H,3-5,7H2,1-2H3. The number of cyclic esters (lactones) is 1. The zero-order chi connectivity index (χ0) is 10.6. The van der Waals surface area contributed by atoms with Gasteiger partial charge in [-0.15, -0.1) is 0 Å². The van der Waals surface area contributed by atoms with E-state index in [9.17, 15) is 9.90 Å². The summed E-state index contributed by atoms with van der Waals surface area (Å²) < 4.78 is 5.18. The molecule has 0 aromatic rings. The van der Waals surface area contributed by atoms with Crippen molar-refractivity contribution in [1.82, 2.24) is 0 Å². The summed E-state index contributed by atoms with van der Waals surface area (Å²) in [4.78, 5) is 11.3. The van der Waals surface area contributed by atoms with E-state index < -0.39 is 6.10 Å². The summed E-state index contributed by atoms with van der Waals surface area (Å²) in [5, 5.41) is 9.69. The number of ether oxygens (including phenoxy) is 1. The summed E-state index contributed by atoms with van der Waals surface area (Å²) in [6.07, 6.45) is 4.19. The van der Waals surface area contributed by atoms with Gasteiger partial charge in [0, 0.05) is 5.57 Å². The quantitative estimate of drug-likeness (QED) is 0.703. The summed E-state index contributed by atoms with van der Waals surface area (Å²) in [5.41, 5.74) is 0.600. The van der Waals surface area contributed by atoms with E-state index in [1.54, 1.807) is 13.0 Å². The Morgan fingerprint density at radius 3 is 3.00 bits per heavy atom. The molecule has 0 fully saturated rings. The molecule has 3 nitrogen and oxygen atoms in total. The highest BCUT2D eigenvalue weighted by molar-refractivity contribution is 5.88. The molecule has 80 valence electrons. The van der Waals surface area contributed by atoms with Crippen molar-refractivity contribution in [3.05, 3.63) is 11.6 Å². The SMILES string of the molecule is CCCCC1OC(=O)C(C)=CCC1O. The van der Waals surface area contributed by atoms with Crippen LogP contribution in [0.1, 0.15) is 39.5 Å². The average molecular weight is 198 g/mol. The highest BCUT2D eigenvalue weighted by Crippen LogP contribution is 2.18. The van der Waals surface area contributed by atoms with Gasteiger partial charge in [0.05, 0.1) is 6.10 Å². The van der Waals surface area contributed by atoms with Gasteiger partial charge in [-0.05, 0) is 26.2 Å². The second-order valence-corrected chi connectivity index (χ2v) is 3.78. The lowest BCUT2D eigenvalue weighted by atomic mass is 10.0. The van der Waals surface area contributed by atoms with Gasteiger partial charge in [-0.2, -0.15) is 0 Å². The van der Waals surface area contributed by atoms with Crippen LogP contribution in [0.2, 0.25) is 0 Å². The fourth-order valence-corrected chi connectivity index (χ4v) is 1.50. The van der Waals surface area contributed by atoms with Crippen molar-refractivity contribution in [3.8, 4) is 0 Å². The van der Waals surface area contributed by atoms with Crippen LogP contribution in [0.5, 0.6) is 0 Å². The molecule has 0 bridgehead atoms. The maximum Gasteiger partial charge on any atom is 0.333 e. The Balaban J connectivity index is 2.56. The van der Waals surface area contributed by atoms with Crippen LogP contribution in [0.25, 0.3) is 0 Å². The molecule has 0 radical (unpaired) electrons. The molecule has 1 aliphatic rings. The lowest BCUT2D eigenvalue weighted by Crippen LogP contribution is -2.29. The maximum absolute atomic E-state index is 11.3. The Labute approximate surface area is 84.8 Å². The predicted octanol–water partition coefficient (Wildman–Crippen LogP) is 1.80. The van der Waals surface area contributed by atoms with Crippen LogP contribution in [0.15, 0.2) is 11.6 Å². The van der Waals surface area contributed by atoms with Crippen molar-refractivity contribution in [1.29, 1.82) is 0 Å². The number of carbonyl (C=O) groups excluding carboxylic acids is 1. The van der Waals surface area contributed by atoms with Gasteiger partial charge >= 0.3 is 5.97 Å². The second kappa shape index (κ2) is 5.15. The van der Waals surface area contributed by atoms with Gasteiger partial charge in [0.25, 0.3) is 0 Å². The predicted molar refractivity (Wildman–Crippen MR) is 53.8 cm³/mol. The van der Waals surface area contributed by atoms with Crippen molar-refractivity contribution >= 4 is 5.97 Å². The first-order valence-corrected chi connectivity index (χ1v) is 5.21. The first-order valence-electron chi connectivity index (χ1n) is 5.21. The minimum Gasteiger partial charge on any atom is -0.456 e. The molecule has 1 heterocycles. The topological polar surface area (TPSA) is 46.5 Å². The van der Waals surface area contributed by atoms with Crippen molar-refractivity contribution in [3.63, 3.8) is 0 Å². The van der Waals surface area contributed by atoms with Crippen LogP contribution in [0.4, 0.5) is 0 Å². The van der Waals surface area contributed by atoms with Crippen LogP contribution in [0.3, 0.4) is 0 Å². The average Bonchev–Trinajstić information content (AvgIpc) is 2.29. The number of esters is 1. The van der Waals surface area contributed by atoms with Crippen molar-refractivity contribution in [2.75, 3.05) is 0 Å². The van der Waals surface area contributed by atoms with Gasteiger partial charge in [-0.25, -0.2) is 4.79 Å².